The lowest BCUT2D eigenvalue weighted by Crippen LogP contribution is -2.27. The summed E-state index contributed by atoms with van der Waals surface area (Å²) in [6.45, 7) is 9.82. The molecular weight excluding hydrogens is 198 g/mol. The second-order valence-corrected chi connectivity index (χ2v) is 4.94. The Morgan fingerprint density at radius 3 is 2.62 bits per heavy atom. The summed E-state index contributed by atoms with van der Waals surface area (Å²) >= 11 is 0. The van der Waals surface area contributed by atoms with Crippen LogP contribution in [0.5, 0.6) is 0 Å². The molecule has 0 aromatic carbocycles. The predicted octanol–water partition coefficient (Wildman–Crippen LogP) is 2.64. The van der Waals surface area contributed by atoms with Gasteiger partial charge in [0.15, 0.2) is 0 Å². The minimum atomic E-state index is 0.578. The summed E-state index contributed by atoms with van der Waals surface area (Å²) in [4.78, 5) is 0. The van der Waals surface area contributed by atoms with E-state index < -0.39 is 0 Å². The van der Waals surface area contributed by atoms with E-state index in [1.807, 2.05) is 11.7 Å². The van der Waals surface area contributed by atoms with Crippen molar-refractivity contribution in [2.45, 2.75) is 53.1 Å². The first-order chi connectivity index (χ1) is 7.52. The fourth-order valence-corrected chi connectivity index (χ4v) is 1.96. The molecule has 0 fully saturated rings. The van der Waals surface area contributed by atoms with E-state index in [2.05, 4.69) is 44.3 Å². The van der Waals surface area contributed by atoms with Crippen LogP contribution in [0.15, 0.2) is 6.20 Å². The number of nitrogens with zero attached hydrogens (tertiary/aromatic N) is 2. The van der Waals surface area contributed by atoms with Gasteiger partial charge in [-0.25, -0.2) is 0 Å². The van der Waals surface area contributed by atoms with Crippen LogP contribution in [0.3, 0.4) is 0 Å². The number of hydrogen-bond acceptors (Lipinski definition) is 2. The minimum absolute atomic E-state index is 0.578. The van der Waals surface area contributed by atoms with Gasteiger partial charge in [-0.05, 0) is 26.2 Å². The lowest BCUT2D eigenvalue weighted by atomic mass is 10.0. The molecule has 0 radical (unpaired) electrons. The smallest absolute Gasteiger partial charge is 0.0638 e. The van der Waals surface area contributed by atoms with Crippen LogP contribution in [-0.4, -0.2) is 15.8 Å². The molecule has 1 rings (SSSR count). The van der Waals surface area contributed by atoms with Crippen LogP contribution >= 0.6 is 0 Å². The highest BCUT2D eigenvalue weighted by atomic mass is 15.2. The van der Waals surface area contributed by atoms with Crippen LogP contribution in [0, 0.1) is 12.8 Å². The molecule has 0 amide bonds. The van der Waals surface area contributed by atoms with Crippen LogP contribution in [-0.2, 0) is 13.6 Å². The molecule has 2 atom stereocenters. The van der Waals surface area contributed by atoms with E-state index in [9.17, 15) is 0 Å². The Labute approximate surface area is 99.2 Å². The van der Waals surface area contributed by atoms with Crippen molar-refractivity contribution in [1.29, 1.82) is 0 Å². The molecule has 1 N–H and O–H groups in total. The normalized spacial score (nSPS) is 15.1. The lowest BCUT2D eigenvalue weighted by molar-refractivity contribution is 0.412. The Hall–Kier alpha value is -0.830. The summed E-state index contributed by atoms with van der Waals surface area (Å²) in [5, 5.41) is 7.91. The van der Waals surface area contributed by atoms with E-state index in [-0.39, 0.29) is 0 Å². The third-order valence-electron chi connectivity index (χ3n) is 3.21. The average molecular weight is 223 g/mol. The van der Waals surface area contributed by atoms with Crippen molar-refractivity contribution in [1.82, 2.24) is 15.1 Å². The van der Waals surface area contributed by atoms with Crippen molar-refractivity contribution >= 4 is 0 Å². The van der Waals surface area contributed by atoms with Crippen LogP contribution in [0.4, 0.5) is 0 Å². The molecule has 1 aromatic heterocycles. The summed E-state index contributed by atoms with van der Waals surface area (Å²) in [6.07, 6.45) is 4.60. The van der Waals surface area contributed by atoms with E-state index in [1.54, 1.807) is 0 Å². The highest BCUT2D eigenvalue weighted by Gasteiger charge is 2.08. The Morgan fingerprint density at radius 2 is 2.12 bits per heavy atom. The van der Waals surface area contributed by atoms with Gasteiger partial charge in [-0.1, -0.05) is 20.3 Å². The molecule has 0 spiro atoms. The van der Waals surface area contributed by atoms with Gasteiger partial charge in [0, 0.05) is 31.4 Å². The van der Waals surface area contributed by atoms with Gasteiger partial charge in [0.1, 0.15) is 0 Å². The van der Waals surface area contributed by atoms with Gasteiger partial charge >= 0.3 is 0 Å². The van der Waals surface area contributed by atoms with Gasteiger partial charge in [-0.15, -0.1) is 0 Å². The summed E-state index contributed by atoms with van der Waals surface area (Å²) < 4.78 is 1.88. The lowest BCUT2D eigenvalue weighted by Gasteiger charge is -2.17. The fraction of sp³-hybridized carbons (Fsp3) is 0.769. The van der Waals surface area contributed by atoms with Crippen molar-refractivity contribution in [2.75, 3.05) is 0 Å². The topological polar surface area (TPSA) is 29.9 Å². The molecule has 1 aromatic rings. The van der Waals surface area contributed by atoms with Gasteiger partial charge in [-0.2, -0.15) is 5.10 Å². The Balaban J connectivity index is 2.36. The van der Waals surface area contributed by atoms with Crippen molar-refractivity contribution in [3.8, 4) is 0 Å². The molecule has 2 unspecified atom stereocenters. The van der Waals surface area contributed by atoms with Gasteiger partial charge in [0.05, 0.1) is 5.69 Å². The van der Waals surface area contributed by atoms with Gasteiger partial charge in [-0.3, -0.25) is 4.68 Å². The molecule has 0 aliphatic rings. The maximum atomic E-state index is 4.34. The van der Waals surface area contributed by atoms with Crippen LogP contribution < -0.4 is 5.32 Å². The predicted molar refractivity (Wildman–Crippen MR) is 68.3 cm³/mol. The molecule has 0 aliphatic carbocycles. The van der Waals surface area contributed by atoms with Gasteiger partial charge < -0.3 is 5.32 Å². The summed E-state index contributed by atoms with van der Waals surface area (Å²) in [6, 6.07) is 0.578. The summed E-state index contributed by atoms with van der Waals surface area (Å²) in [7, 11) is 1.97. The van der Waals surface area contributed by atoms with Crippen molar-refractivity contribution in [3.05, 3.63) is 17.5 Å². The summed E-state index contributed by atoms with van der Waals surface area (Å²) in [5.74, 6) is 0.803. The second kappa shape index (κ2) is 6.04. The molecule has 16 heavy (non-hydrogen) atoms. The van der Waals surface area contributed by atoms with E-state index in [4.69, 9.17) is 0 Å². The second-order valence-electron chi connectivity index (χ2n) is 4.94. The zero-order valence-electron chi connectivity index (χ0n) is 11.2. The molecule has 0 saturated carbocycles. The number of rotatable bonds is 6. The van der Waals surface area contributed by atoms with Crippen molar-refractivity contribution in [2.24, 2.45) is 13.0 Å². The highest BCUT2D eigenvalue weighted by Crippen LogP contribution is 2.10. The fourth-order valence-electron chi connectivity index (χ4n) is 1.96. The largest absolute Gasteiger partial charge is 0.310 e. The molecule has 0 aliphatic heterocycles. The zero-order valence-corrected chi connectivity index (χ0v) is 11.2. The molecule has 3 heteroatoms. The van der Waals surface area contributed by atoms with Crippen LogP contribution in [0.25, 0.3) is 0 Å². The first kappa shape index (κ1) is 13.2. The maximum Gasteiger partial charge on any atom is 0.0638 e. The third kappa shape index (κ3) is 3.97. The quantitative estimate of drug-likeness (QED) is 0.803. The first-order valence-electron chi connectivity index (χ1n) is 6.25. The molecule has 92 valence electrons. The number of nitrogens with one attached hydrogen (secondary N) is 1. The monoisotopic (exact) mass is 223 g/mol. The van der Waals surface area contributed by atoms with Crippen molar-refractivity contribution in [3.63, 3.8) is 0 Å². The zero-order chi connectivity index (χ0) is 12.1. The van der Waals surface area contributed by atoms with E-state index >= 15 is 0 Å². The van der Waals surface area contributed by atoms with E-state index in [1.165, 1.54) is 18.4 Å². The van der Waals surface area contributed by atoms with Crippen molar-refractivity contribution < 1.29 is 0 Å². The summed E-state index contributed by atoms with van der Waals surface area (Å²) in [5.41, 5.74) is 2.43. The standard InChI is InChI=1S/C13H25N3/c1-6-10(2)7-11(3)14-8-13-9-16(5)15-12(13)4/h9-11,14H,6-8H2,1-5H3. The first-order valence-corrected chi connectivity index (χ1v) is 6.25. The molecule has 0 saturated heterocycles. The SMILES string of the molecule is CCC(C)CC(C)NCc1cn(C)nc1C. The Morgan fingerprint density at radius 1 is 1.44 bits per heavy atom. The Bertz CT molecular complexity index is 317. The maximum absolute atomic E-state index is 4.34. The minimum Gasteiger partial charge on any atom is -0.310 e. The molecule has 1 heterocycles. The van der Waals surface area contributed by atoms with Gasteiger partial charge in [0.2, 0.25) is 0 Å². The van der Waals surface area contributed by atoms with Crippen LogP contribution in [0.1, 0.15) is 44.9 Å². The Kier molecular flexibility index (Phi) is 5.00. The molecular formula is C13H25N3. The molecule has 0 bridgehead atoms. The number of hydrogen-bond donors (Lipinski definition) is 1. The average Bonchev–Trinajstić information content (AvgIpc) is 2.54. The molecule has 3 nitrogen and oxygen atoms in total. The van der Waals surface area contributed by atoms with Crippen LogP contribution in [0.2, 0.25) is 0 Å². The van der Waals surface area contributed by atoms with E-state index in [0.29, 0.717) is 6.04 Å². The van der Waals surface area contributed by atoms with Gasteiger partial charge in [0.25, 0.3) is 0 Å². The highest BCUT2D eigenvalue weighted by molar-refractivity contribution is 5.14. The number of aromatic nitrogens is 2. The number of aryl methyl sites for hydroxylation is 2. The van der Waals surface area contributed by atoms with E-state index in [0.717, 1.165) is 18.2 Å². The third-order valence-corrected chi connectivity index (χ3v) is 3.21.